The third-order valence-electron chi connectivity index (χ3n) is 15.8. The number of hydrogen-bond donors (Lipinski definition) is 0. The zero-order valence-electron chi connectivity index (χ0n) is 40.1. The Morgan fingerprint density at radius 1 is 0.292 bits per heavy atom. The van der Waals surface area contributed by atoms with Crippen LogP contribution in [0.3, 0.4) is 0 Å². The van der Waals surface area contributed by atoms with Gasteiger partial charge in [-0.15, -0.1) is 0 Å². The van der Waals surface area contributed by atoms with Gasteiger partial charge < -0.3 is 0 Å². The first-order valence-corrected chi connectivity index (χ1v) is 25.1. The first-order valence-electron chi connectivity index (χ1n) is 25.1. The van der Waals surface area contributed by atoms with Crippen molar-refractivity contribution in [3.63, 3.8) is 0 Å². The van der Waals surface area contributed by atoms with Crippen molar-refractivity contribution in [1.29, 1.82) is 0 Å². The van der Waals surface area contributed by atoms with Crippen LogP contribution in [0.15, 0.2) is 255 Å². The van der Waals surface area contributed by atoms with E-state index < -0.39 is 5.41 Å². The van der Waals surface area contributed by atoms with Gasteiger partial charge in [-0.25, -0.2) is 9.97 Å². The molecule has 2 heteroatoms. The molecule has 12 aromatic rings. The lowest BCUT2D eigenvalue weighted by Gasteiger charge is -2.33. The predicted octanol–water partition coefficient (Wildman–Crippen LogP) is 17.8. The SMILES string of the molecule is CC1(C)c2cc(-c3cccc(-c4ccc(-c5cc(-c6cccc7c6-c6ccccc6C7(c6ccccc6)c6ccccc6)nc(-c6ccccc6)n5)c5ccccc45)c3)ccc2-c2cc3ccccc3cc21. The number of fused-ring (bicyclic) bond motifs is 8. The van der Waals surface area contributed by atoms with E-state index in [0.29, 0.717) is 5.82 Å². The Bertz CT molecular complexity index is 4070. The Morgan fingerprint density at radius 3 is 1.56 bits per heavy atom. The number of aromatic nitrogens is 2. The van der Waals surface area contributed by atoms with Crippen LogP contribution in [0.1, 0.15) is 47.2 Å². The highest BCUT2D eigenvalue weighted by Crippen LogP contribution is 2.58. The molecule has 2 nitrogen and oxygen atoms in total. The van der Waals surface area contributed by atoms with Crippen molar-refractivity contribution < 1.29 is 0 Å². The van der Waals surface area contributed by atoms with Gasteiger partial charge in [0, 0.05) is 22.1 Å². The minimum absolute atomic E-state index is 0.116. The highest BCUT2D eigenvalue weighted by atomic mass is 14.9. The van der Waals surface area contributed by atoms with Gasteiger partial charge in [-0.2, -0.15) is 0 Å². The van der Waals surface area contributed by atoms with Crippen molar-refractivity contribution in [1.82, 2.24) is 9.97 Å². The first-order chi connectivity index (χ1) is 35.4. The molecule has 0 fully saturated rings. The molecule has 338 valence electrons. The summed E-state index contributed by atoms with van der Waals surface area (Å²) < 4.78 is 0. The number of rotatable bonds is 7. The molecule has 72 heavy (non-hydrogen) atoms. The van der Waals surface area contributed by atoms with E-state index in [1.54, 1.807) is 0 Å². The van der Waals surface area contributed by atoms with Gasteiger partial charge in [0.1, 0.15) is 0 Å². The highest BCUT2D eigenvalue weighted by Gasteiger charge is 2.47. The summed E-state index contributed by atoms with van der Waals surface area (Å²) in [4.78, 5) is 10.9. The van der Waals surface area contributed by atoms with Gasteiger partial charge in [-0.3, -0.25) is 0 Å². The summed E-state index contributed by atoms with van der Waals surface area (Å²) in [5.41, 5.74) is 21.9. The van der Waals surface area contributed by atoms with Crippen molar-refractivity contribution in [3.05, 3.63) is 288 Å². The minimum atomic E-state index is -0.523. The molecule has 0 bridgehead atoms. The van der Waals surface area contributed by atoms with E-state index in [2.05, 4.69) is 269 Å². The molecule has 2 aliphatic carbocycles. The Balaban J connectivity index is 0.909. The number of nitrogens with zero attached hydrogens (tertiary/aromatic N) is 2. The maximum absolute atomic E-state index is 5.47. The smallest absolute Gasteiger partial charge is 0.160 e. The van der Waals surface area contributed by atoms with Crippen LogP contribution in [0.2, 0.25) is 0 Å². The average molecular weight is 917 g/mol. The molecular formula is C70H48N2. The van der Waals surface area contributed by atoms with Crippen LogP contribution in [0.4, 0.5) is 0 Å². The molecule has 0 saturated carbocycles. The normalized spacial score (nSPS) is 13.6. The summed E-state index contributed by atoms with van der Waals surface area (Å²) in [7, 11) is 0. The molecule has 0 spiro atoms. The summed E-state index contributed by atoms with van der Waals surface area (Å²) in [6.45, 7) is 4.75. The fourth-order valence-corrected chi connectivity index (χ4v) is 12.4. The maximum atomic E-state index is 5.47. The molecule has 0 N–H and O–H groups in total. The lowest BCUT2D eigenvalue weighted by molar-refractivity contribution is 0.661. The topological polar surface area (TPSA) is 25.8 Å². The largest absolute Gasteiger partial charge is 0.228 e. The molecule has 0 unspecified atom stereocenters. The second-order valence-electron chi connectivity index (χ2n) is 20.0. The standard InChI is InChI=1S/C70H48N2/c1-69(2)63-43-49(36-37-56(63)60-41-47-22-12-13-23-48(47)42-64(60)69)46-24-18-25-50(40-46)53-38-39-57(55-31-15-14-30-54(53)55)65-44-66(72-68(71-65)45-20-6-3-7-21-45)59-33-19-35-62-67(59)58-32-16-17-34-61(58)70(62,51-26-8-4-9-27-51)52-28-10-5-11-29-52/h3-44H,1-2H3. The van der Waals surface area contributed by atoms with Gasteiger partial charge in [0.2, 0.25) is 0 Å². The van der Waals surface area contributed by atoms with Gasteiger partial charge in [0.05, 0.1) is 16.8 Å². The Hall–Kier alpha value is -8.98. The van der Waals surface area contributed by atoms with E-state index in [-0.39, 0.29) is 5.41 Å². The van der Waals surface area contributed by atoms with Crippen molar-refractivity contribution in [2.75, 3.05) is 0 Å². The van der Waals surface area contributed by atoms with Crippen LogP contribution in [0.5, 0.6) is 0 Å². The summed E-state index contributed by atoms with van der Waals surface area (Å²) in [5, 5.41) is 4.90. The van der Waals surface area contributed by atoms with Crippen molar-refractivity contribution >= 4 is 21.5 Å². The first kappa shape index (κ1) is 41.9. The van der Waals surface area contributed by atoms with Crippen LogP contribution in [0, 0.1) is 0 Å². The molecule has 0 saturated heterocycles. The summed E-state index contributed by atoms with van der Waals surface area (Å²) in [6, 6.07) is 93.4. The average Bonchev–Trinajstić information content (AvgIpc) is 3.87. The van der Waals surface area contributed by atoms with Gasteiger partial charge >= 0.3 is 0 Å². The third-order valence-corrected chi connectivity index (χ3v) is 15.8. The lowest BCUT2D eigenvalue weighted by Crippen LogP contribution is -2.28. The summed E-state index contributed by atoms with van der Waals surface area (Å²) >= 11 is 0. The highest BCUT2D eigenvalue weighted by molar-refractivity contribution is 6.06. The molecule has 2 aliphatic rings. The second kappa shape index (κ2) is 16.3. The molecule has 0 amide bonds. The van der Waals surface area contributed by atoms with Gasteiger partial charge in [0.15, 0.2) is 5.82 Å². The molecule has 14 rings (SSSR count). The van der Waals surface area contributed by atoms with E-state index >= 15 is 0 Å². The molecule has 1 heterocycles. The second-order valence-corrected chi connectivity index (χ2v) is 20.0. The Kier molecular flexibility index (Phi) is 9.50. The van der Waals surface area contributed by atoms with E-state index in [9.17, 15) is 0 Å². The molecule has 11 aromatic carbocycles. The monoisotopic (exact) mass is 916 g/mol. The Morgan fingerprint density at radius 2 is 0.806 bits per heavy atom. The fourth-order valence-electron chi connectivity index (χ4n) is 12.4. The van der Waals surface area contributed by atoms with Gasteiger partial charge in [-0.1, -0.05) is 238 Å². The van der Waals surface area contributed by atoms with Crippen LogP contribution in [-0.2, 0) is 10.8 Å². The summed E-state index contributed by atoms with van der Waals surface area (Å²) in [6.07, 6.45) is 0. The van der Waals surface area contributed by atoms with E-state index in [1.165, 1.54) is 94.0 Å². The molecule has 0 radical (unpaired) electrons. The summed E-state index contributed by atoms with van der Waals surface area (Å²) in [5.74, 6) is 0.694. The fraction of sp³-hybridized carbons (Fsp3) is 0.0571. The van der Waals surface area contributed by atoms with Crippen molar-refractivity contribution in [2.45, 2.75) is 24.7 Å². The zero-order chi connectivity index (χ0) is 48.0. The Labute approximate surface area is 420 Å². The van der Waals surface area contributed by atoms with Crippen LogP contribution in [-0.4, -0.2) is 9.97 Å². The van der Waals surface area contributed by atoms with Crippen LogP contribution < -0.4 is 0 Å². The van der Waals surface area contributed by atoms with E-state index in [0.717, 1.165) is 33.5 Å². The van der Waals surface area contributed by atoms with Crippen molar-refractivity contribution in [2.24, 2.45) is 0 Å². The van der Waals surface area contributed by atoms with Crippen LogP contribution >= 0.6 is 0 Å². The predicted molar refractivity (Wildman–Crippen MR) is 299 cm³/mol. The van der Waals surface area contributed by atoms with Crippen LogP contribution in [0.25, 0.3) is 100.0 Å². The van der Waals surface area contributed by atoms with Gasteiger partial charge in [-0.05, 0) is 130 Å². The van der Waals surface area contributed by atoms with E-state index in [1.807, 2.05) is 0 Å². The molecular weight excluding hydrogens is 869 g/mol. The van der Waals surface area contributed by atoms with E-state index in [4.69, 9.17) is 9.97 Å². The molecule has 1 aromatic heterocycles. The number of hydrogen-bond acceptors (Lipinski definition) is 2. The van der Waals surface area contributed by atoms with Crippen molar-refractivity contribution in [3.8, 4) is 78.4 Å². The zero-order valence-corrected chi connectivity index (χ0v) is 40.1. The third kappa shape index (κ3) is 6.35. The van der Waals surface area contributed by atoms with Gasteiger partial charge in [0.25, 0.3) is 0 Å². The lowest BCUT2D eigenvalue weighted by atomic mass is 9.67. The molecule has 0 atom stereocenters. The quantitative estimate of drug-likeness (QED) is 0.159. The number of benzene rings is 11. The maximum Gasteiger partial charge on any atom is 0.160 e. The minimum Gasteiger partial charge on any atom is -0.228 e. The molecule has 0 aliphatic heterocycles.